The predicted octanol–water partition coefficient (Wildman–Crippen LogP) is 8.44. The minimum Gasteiger partial charge on any atom is -0.319 e. The number of aryl methyl sites for hydroxylation is 1. The molecule has 0 aliphatic carbocycles. The summed E-state index contributed by atoms with van der Waals surface area (Å²) < 4.78 is 25.7. The normalized spacial score (nSPS) is 14.2. The van der Waals surface area contributed by atoms with Gasteiger partial charge in [0.2, 0.25) is 0 Å². The van der Waals surface area contributed by atoms with Gasteiger partial charge in [-0.1, -0.05) is 35.8 Å². The number of rotatable bonds is 5. The molecule has 2 aromatic heterocycles. The summed E-state index contributed by atoms with van der Waals surface area (Å²) in [5.41, 5.74) is 4.98. The van der Waals surface area contributed by atoms with E-state index in [-0.39, 0.29) is 32.7 Å². The van der Waals surface area contributed by atoms with Gasteiger partial charge in [-0.3, -0.25) is 0 Å². The van der Waals surface area contributed by atoms with E-state index in [1.807, 2.05) is 63.2 Å². The molecule has 0 saturated heterocycles. The number of benzene rings is 4. The topological polar surface area (TPSA) is 37.1 Å². The van der Waals surface area contributed by atoms with Crippen LogP contribution in [0.5, 0.6) is 0 Å². The molecule has 3 heterocycles. The quantitative estimate of drug-likeness (QED) is 0.132. The largest absolute Gasteiger partial charge is 0.319 e. The Morgan fingerprint density at radius 2 is 1.65 bits per heavy atom. The molecule has 1 N–H and O–H groups in total. The molecular weight excluding hydrogens is 696 g/mol. The Bertz CT molecular complexity index is 1960. The summed E-state index contributed by atoms with van der Waals surface area (Å²) in [6, 6.07) is 37.1. The third kappa shape index (κ3) is 4.60. The first-order valence-electron chi connectivity index (χ1n) is 14.3. The van der Waals surface area contributed by atoms with E-state index in [0.717, 1.165) is 48.7 Å². The number of hydroxylamine groups is 1. The standard InChI is InChI=1S/C33H26N4OS.Pt/c1-22(2)36-30-13-6-7-14-31(30)37(38-36)24-9-8-10-25(20-24)39-26-15-16-28-27-11-4-5-12-29(27)35(32(28)21-26)33-19-23(3)17-18-34-33;/h4-19,22H,1-3H3;/q-2;/p+1/i3D3;. The Labute approximate surface area is 256 Å². The molecule has 0 fully saturated rings. The Balaban J connectivity index is 0.00000329. The molecule has 0 saturated carbocycles. The van der Waals surface area contributed by atoms with Crippen LogP contribution in [0.4, 0.5) is 17.1 Å². The van der Waals surface area contributed by atoms with Crippen molar-refractivity contribution in [3.05, 3.63) is 115 Å². The fraction of sp³-hybridized carbons (Fsp3) is 0.121. The third-order valence-electron chi connectivity index (χ3n) is 6.76. The summed E-state index contributed by atoms with van der Waals surface area (Å²) in [6.07, 6.45) is 1.55. The second kappa shape index (κ2) is 10.8. The molecule has 7 rings (SSSR count). The monoisotopic (exact) mass is 725 g/mol. The van der Waals surface area contributed by atoms with Crippen LogP contribution in [0.25, 0.3) is 27.6 Å². The van der Waals surface area contributed by atoms with Crippen molar-refractivity contribution in [3.8, 4) is 5.82 Å². The summed E-state index contributed by atoms with van der Waals surface area (Å²) in [7, 11) is 0. The molecule has 7 heteroatoms. The van der Waals surface area contributed by atoms with E-state index in [2.05, 4.69) is 61.3 Å². The van der Waals surface area contributed by atoms with Gasteiger partial charge in [-0.05, 0) is 62.0 Å². The molecule has 6 aromatic rings. The smallest absolute Gasteiger partial charge is 0.145 e. The number of anilines is 3. The van der Waals surface area contributed by atoms with Crippen LogP contribution in [-0.2, 0) is 21.1 Å². The fourth-order valence-electron chi connectivity index (χ4n) is 5.04. The average Bonchev–Trinajstić information content (AvgIpc) is 3.53. The van der Waals surface area contributed by atoms with E-state index >= 15 is 0 Å². The van der Waals surface area contributed by atoms with Crippen LogP contribution in [0.2, 0.25) is 0 Å². The second-order valence-corrected chi connectivity index (χ2v) is 10.8. The summed E-state index contributed by atoms with van der Waals surface area (Å²) in [5.74, 6) is 0.547. The van der Waals surface area contributed by atoms with Gasteiger partial charge < -0.3 is 4.57 Å². The molecule has 202 valence electrons. The molecule has 0 atom stereocenters. The Morgan fingerprint density at radius 1 is 0.850 bits per heavy atom. The summed E-state index contributed by atoms with van der Waals surface area (Å²) in [5, 5.41) is 6.04. The molecule has 1 aliphatic heterocycles. The van der Waals surface area contributed by atoms with Crippen LogP contribution in [0.15, 0.2) is 107 Å². The molecule has 0 spiro atoms. The van der Waals surface area contributed by atoms with E-state index in [1.54, 1.807) is 30.1 Å². The zero-order chi connectivity index (χ0) is 29.0. The van der Waals surface area contributed by atoms with Crippen molar-refractivity contribution >= 4 is 50.6 Å². The Hall–Kier alpha value is -3.57. The Kier molecular flexibility index (Phi) is 6.24. The van der Waals surface area contributed by atoms with E-state index in [0.29, 0.717) is 5.82 Å². The number of fused-ring (bicyclic) bond motifs is 4. The number of hydrogen-bond donors (Lipinski definition) is 0. The van der Waals surface area contributed by atoms with Crippen molar-refractivity contribution in [2.45, 2.75) is 36.5 Å². The molecule has 40 heavy (non-hydrogen) atoms. The molecule has 4 aromatic carbocycles. The van der Waals surface area contributed by atoms with Crippen LogP contribution in [-0.4, -0.2) is 20.5 Å². The van der Waals surface area contributed by atoms with E-state index in [9.17, 15) is 0 Å². The second-order valence-electron chi connectivity index (χ2n) is 9.67. The van der Waals surface area contributed by atoms with Gasteiger partial charge >= 0.3 is 0 Å². The first kappa shape index (κ1) is 23.2. The van der Waals surface area contributed by atoms with E-state index in [1.165, 1.54) is 0 Å². The van der Waals surface area contributed by atoms with Crippen LogP contribution in [0.1, 0.15) is 23.5 Å². The SMILES string of the molecule is [2H]C([2H])([2H])c1ccnc(-n2c3[c-]c(Sc4[c-]c(N5[OH+]N(C(C)C)c6ccccc65)ccc4)ccc3c3ccccc32)c1.[Pt]. The average molecular weight is 726 g/mol. The maximum absolute atomic E-state index is 7.90. The molecule has 5 nitrogen and oxygen atoms in total. The third-order valence-corrected chi connectivity index (χ3v) is 7.68. The molecule has 0 amide bonds. The molecular formula is C33H27N4OPtS-. The maximum Gasteiger partial charge on any atom is 0.145 e. The zero-order valence-corrected chi connectivity index (χ0v) is 24.9. The summed E-state index contributed by atoms with van der Waals surface area (Å²) in [6.45, 7) is 2.02. The number of pyridine rings is 1. The number of hydrogen-bond acceptors (Lipinski definition) is 4. The number of aromatic nitrogens is 2. The van der Waals surface area contributed by atoms with Crippen LogP contribution in [0, 0.1) is 19.0 Å². The minimum absolute atomic E-state index is 0. The molecule has 0 bridgehead atoms. The van der Waals surface area contributed by atoms with Crippen molar-refractivity contribution in [2.75, 3.05) is 10.1 Å². The van der Waals surface area contributed by atoms with Crippen molar-refractivity contribution in [3.63, 3.8) is 0 Å². The van der Waals surface area contributed by atoms with Gasteiger partial charge in [-0.25, -0.2) is 4.98 Å². The van der Waals surface area contributed by atoms with Gasteiger partial charge in [0, 0.05) is 42.6 Å². The number of nitrogens with zero attached hydrogens (tertiary/aromatic N) is 4. The Morgan fingerprint density at radius 3 is 2.50 bits per heavy atom. The van der Waals surface area contributed by atoms with Gasteiger partial charge in [0.15, 0.2) is 0 Å². The van der Waals surface area contributed by atoms with Crippen molar-refractivity contribution in [1.82, 2.24) is 9.55 Å². The molecule has 0 unspecified atom stereocenters. The molecule has 0 radical (unpaired) electrons. The molecule has 1 aliphatic rings. The van der Waals surface area contributed by atoms with Gasteiger partial charge in [-0.15, -0.1) is 55.3 Å². The summed E-state index contributed by atoms with van der Waals surface area (Å²) >= 11 is 1.57. The van der Waals surface area contributed by atoms with E-state index < -0.39 is 6.85 Å². The maximum atomic E-state index is 7.90. The number of para-hydroxylation sites is 3. The predicted molar refractivity (Wildman–Crippen MR) is 160 cm³/mol. The van der Waals surface area contributed by atoms with Crippen LogP contribution in [0.3, 0.4) is 0 Å². The van der Waals surface area contributed by atoms with Crippen molar-refractivity contribution in [2.24, 2.45) is 0 Å². The van der Waals surface area contributed by atoms with Gasteiger partial charge in [0.1, 0.15) is 17.2 Å². The zero-order valence-electron chi connectivity index (χ0n) is 24.8. The summed E-state index contributed by atoms with van der Waals surface area (Å²) in [4.78, 5) is 11.3. The van der Waals surface area contributed by atoms with Crippen molar-refractivity contribution in [1.29, 1.82) is 0 Å². The van der Waals surface area contributed by atoms with Crippen molar-refractivity contribution < 1.29 is 30.1 Å². The van der Waals surface area contributed by atoms with Crippen LogP contribution < -0.4 is 10.1 Å². The van der Waals surface area contributed by atoms with Gasteiger partial charge in [0.05, 0.1) is 6.04 Å². The van der Waals surface area contributed by atoms with Gasteiger partial charge in [-0.2, -0.15) is 29.2 Å². The van der Waals surface area contributed by atoms with Gasteiger partial charge in [0.25, 0.3) is 0 Å². The van der Waals surface area contributed by atoms with Crippen LogP contribution >= 0.6 is 11.8 Å². The van der Waals surface area contributed by atoms with E-state index in [4.69, 9.17) is 9.05 Å². The first-order chi connectivity index (χ1) is 20.3. The fourth-order valence-corrected chi connectivity index (χ4v) is 5.86. The first-order valence-corrected chi connectivity index (χ1v) is 13.6. The minimum atomic E-state index is -2.23.